The van der Waals surface area contributed by atoms with Crippen LogP contribution in [0.25, 0.3) is 0 Å². The number of hydrogen-bond donors (Lipinski definition) is 3. The number of alkyl carbamates (subject to hydrolysis) is 1. The summed E-state index contributed by atoms with van der Waals surface area (Å²) in [4.78, 5) is 11.8. The Labute approximate surface area is 134 Å². The molecule has 2 rings (SSSR count). The minimum atomic E-state index is -0.454. The van der Waals surface area contributed by atoms with Gasteiger partial charge in [0.25, 0.3) is 0 Å². The van der Waals surface area contributed by atoms with Gasteiger partial charge in [0.1, 0.15) is 5.60 Å². The van der Waals surface area contributed by atoms with Gasteiger partial charge in [-0.3, -0.25) is 0 Å². The molecule has 0 saturated heterocycles. The summed E-state index contributed by atoms with van der Waals surface area (Å²) in [5.41, 5.74) is -0.454. The highest BCUT2D eigenvalue weighted by Crippen LogP contribution is 2.24. The number of rotatable bonds is 3. The molecule has 5 heteroatoms. The molecule has 0 spiro atoms. The van der Waals surface area contributed by atoms with Gasteiger partial charge in [0.05, 0.1) is 6.10 Å². The van der Waals surface area contributed by atoms with E-state index in [-0.39, 0.29) is 24.3 Å². The second-order valence-corrected chi connectivity index (χ2v) is 7.83. The summed E-state index contributed by atoms with van der Waals surface area (Å²) in [5, 5.41) is 16.8. The van der Waals surface area contributed by atoms with Crippen LogP contribution in [0.2, 0.25) is 0 Å². The first-order valence-corrected chi connectivity index (χ1v) is 8.77. The van der Waals surface area contributed by atoms with Gasteiger partial charge in [-0.25, -0.2) is 4.79 Å². The molecular formula is C17H32N2O3. The molecule has 0 heterocycles. The summed E-state index contributed by atoms with van der Waals surface area (Å²) in [6.45, 7) is 5.62. The molecule has 0 aromatic rings. The zero-order valence-electron chi connectivity index (χ0n) is 14.2. The fraction of sp³-hybridized carbons (Fsp3) is 0.941. The number of carbonyl (C=O) groups is 1. The molecule has 0 aromatic heterocycles. The van der Waals surface area contributed by atoms with Crippen molar-refractivity contribution in [1.29, 1.82) is 0 Å². The van der Waals surface area contributed by atoms with Crippen molar-refractivity contribution in [3.05, 3.63) is 0 Å². The summed E-state index contributed by atoms with van der Waals surface area (Å²) in [6, 6.07) is 0.778. The van der Waals surface area contributed by atoms with E-state index in [1.807, 2.05) is 20.8 Å². The van der Waals surface area contributed by atoms with Crippen molar-refractivity contribution in [3.63, 3.8) is 0 Å². The Kier molecular flexibility index (Phi) is 6.09. The van der Waals surface area contributed by atoms with Crippen LogP contribution in [-0.4, -0.2) is 41.0 Å². The van der Waals surface area contributed by atoms with Crippen molar-refractivity contribution in [3.8, 4) is 0 Å². The molecule has 2 aliphatic rings. The molecule has 22 heavy (non-hydrogen) atoms. The zero-order valence-corrected chi connectivity index (χ0v) is 14.2. The van der Waals surface area contributed by atoms with Gasteiger partial charge >= 0.3 is 6.09 Å². The summed E-state index contributed by atoms with van der Waals surface area (Å²) in [6.07, 6.45) is 7.90. The van der Waals surface area contributed by atoms with E-state index in [0.29, 0.717) is 6.04 Å². The number of ether oxygens (including phenoxy) is 1. The van der Waals surface area contributed by atoms with Crippen LogP contribution in [0, 0.1) is 0 Å². The Morgan fingerprint density at radius 3 is 2.45 bits per heavy atom. The third-order valence-electron chi connectivity index (χ3n) is 4.58. The second kappa shape index (κ2) is 7.64. The highest BCUT2D eigenvalue weighted by atomic mass is 16.6. The maximum absolute atomic E-state index is 11.8. The molecule has 2 saturated carbocycles. The summed E-state index contributed by atoms with van der Waals surface area (Å²) >= 11 is 0. The SMILES string of the molecule is CC(C)(C)OC(=O)NC1CCC(NC2CCCCCC2O)C1. The lowest BCUT2D eigenvalue weighted by Crippen LogP contribution is -2.45. The fourth-order valence-corrected chi connectivity index (χ4v) is 3.52. The normalized spacial score (nSPS) is 33.3. The zero-order chi connectivity index (χ0) is 16.2. The van der Waals surface area contributed by atoms with Gasteiger partial charge in [-0.15, -0.1) is 0 Å². The number of amides is 1. The van der Waals surface area contributed by atoms with Crippen molar-refractivity contribution in [1.82, 2.24) is 10.6 Å². The molecule has 3 N–H and O–H groups in total. The summed E-state index contributed by atoms with van der Waals surface area (Å²) in [5.74, 6) is 0. The third-order valence-corrected chi connectivity index (χ3v) is 4.58. The van der Waals surface area contributed by atoms with Gasteiger partial charge in [-0.2, -0.15) is 0 Å². The van der Waals surface area contributed by atoms with Gasteiger partial charge in [0, 0.05) is 18.1 Å². The monoisotopic (exact) mass is 312 g/mol. The van der Waals surface area contributed by atoms with Gasteiger partial charge in [0.15, 0.2) is 0 Å². The van der Waals surface area contributed by atoms with Crippen molar-refractivity contribution in [2.45, 2.75) is 102 Å². The standard InChI is InChI=1S/C17H32N2O3/c1-17(2,3)22-16(21)19-13-10-9-12(11-13)18-14-7-5-4-6-8-15(14)20/h12-15,18,20H,4-11H2,1-3H3,(H,19,21). The molecule has 2 aliphatic carbocycles. The third kappa shape index (κ3) is 5.76. The number of carbonyl (C=O) groups excluding carboxylic acids is 1. The molecule has 5 nitrogen and oxygen atoms in total. The topological polar surface area (TPSA) is 70.6 Å². The molecule has 1 amide bonds. The average molecular weight is 312 g/mol. The van der Waals surface area contributed by atoms with Crippen molar-refractivity contribution in [2.75, 3.05) is 0 Å². The van der Waals surface area contributed by atoms with Crippen LogP contribution >= 0.6 is 0 Å². The smallest absolute Gasteiger partial charge is 0.407 e. The van der Waals surface area contributed by atoms with E-state index in [0.717, 1.165) is 38.5 Å². The van der Waals surface area contributed by atoms with Gasteiger partial charge < -0.3 is 20.5 Å². The van der Waals surface area contributed by atoms with Crippen LogP contribution < -0.4 is 10.6 Å². The predicted molar refractivity (Wildman–Crippen MR) is 86.8 cm³/mol. The van der Waals surface area contributed by atoms with E-state index in [1.54, 1.807) is 0 Å². The van der Waals surface area contributed by atoms with E-state index in [9.17, 15) is 9.90 Å². The second-order valence-electron chi connectivity index (χ2n) is 7.83. The quantitative estimate of drug-likeness (QED) is 0.701. The Morgan fingerprint density at radius 1 is 1.05 bits per heavy atom. The van der Waals surface area contributed by atoms with Gasteiger partial charge in [0.2, 0.25) is 0 Å². The molecular weight excluding hydrogens is 280 g/mol. The molecule has 0 aliphatic heterocycles. The maximum atomic E-state index is 11.8. The van der Waals surface area contributed by atoms with Crippen molar-refractivity contribution in [2.24, 2.45) is 0 Å². The van der Waals surface area contributed by atoms with E-state index < -0.39 is 5.60 Å². The van der Waals surface area contributed by atoms with Crippen LogP contribution in [0.5, 0.6) is 0 Å². The summed E-state index contributed by atoms with van der Waals surface area (Å²) < 4.78 is 5.31. The lowest BCUT2D eigenvalue weighted by Gasteiger charge is -2.26. The predicted octanol–water partition coefficient (Wildman–Crippen LogP) is 2.72. The van der Waals surface area contributed by atoms with E-state index >= 15 is 0 Å². The molecule has 0 aromatic carbocycles. The average Bonchev–Trinajstić information content (AvgIpc) is 2.71. The minimum absolute atomic E-state index is 0.176. The van der Waals surface area contributed by atoms with Gasteiger partial charge in [-0.1, -0.05) is 19.3 Å². The molecule has 128 valence electrons. The lowest BCUT2D eigenvalue weighted by molar-refractivity contribution is 0.0504. The Morgan fingerprint density at radius 2 is 1.73 bits per heavy atom. The van der Waals surface area contributed by atoms with Crippen molar-refractivity contribution >= 4 is 6.09 Å². The Hall–Kier alpha value is -0.810. The van der Waals surface area contributed by atoms with E-state index in [4.69, 9.17) is 4.74 Å². The van der Waals surface area contributed by atoms with Crippen LogP contribution in [0.3, 0.4) is 0 Å². The highest BCUT2D eigenvalue weighted by molar-refractivity contribution is 5.68. The highest BCUT2D eigenvalue weighted by Gasteiger charge is 2.31. The Balaban J connectivity index is 1.74. The van der Waals surface area contributed by atoms with Crippen LogP contribution in [-0.2, 0) is 4.74 Å². The van der Waals surface area contributed by atoms with Crippen LogP contribution in [0.1, 0.15) is 72.1 Å². The first-order chi connectivity index (χ1) is 10.3. The first kappa shape index (κ1) is 17.5. The van der Waals surface area contributed by atoms with Crippen LogP contribution in [0.4, 0.5) is 4.79 Å². The largest absolute Gasteiger partial charge is 0.444 e. The molecule has 0 radical (unpaired) electrons. The summed E-state index contributed by atoms with van der Waals surface area (Å²) in [7, 11) is 0. The molecule has 4 atom stereocenters. The van der Waals surface area contributed by atoms with Crippen molar-refractivity contribution < 1.29 is 14.6 Å². The molecule has 4 unspecified atom stereocenters. The number of aliphatic hydroxyl groups is 1. The van der Waals surface area contributed by atoms with Gasteiger partial charge in [-0.05, 0) is 52.9 Å². The number of hydrogen-bond acceptors (Lipinski definition) is 4. The lowest BCUT2D eigenvalue weighted by atomic mass is 10.0. The van der Waals surface area contributed by atoms with Crippen LogP contribution in [0.15, 0.2) is 0 Å². The number of nitrogens with one attached hydrogen (secondary N) is 2. The van der Waals surface area contributed by atoms with E-state index in [2.05, 4.69) is 10.6 Å². The Bertz CT molecular complexity index is 367. The number of aliphatic hydroxyl groups excluding tert-OH is 1. The molecule has 0 bridgehead atoms. The molecule has 2 fully saturated rings. The fourth-order valence-electron chi connectivity index (χ4n) is 3.52. The first-order valence-electron chi connectivity index (χ1n) is 8.77. The minimum Gasteiger partial charge on any atom is -0.444 e. The maximum Gasteiger partial charge on any atom is 0.407 e. The van der Waals surface area contributed by atoms with E-state index in [1.165, 1.54) is 12.8 Å².